The Labute approximate surface area is 127 Å². The minimum atomic E-state index is 0.180. The summed E-state index contributed by atoms with van der Waals surface area (Å²) in [6, 6.07) is 7.04. The van der Waals surface area contributed by atoms with Crippen LogP contribution in [0.2, 0.25) is 0 Å². The first-order valence-corrected chi connectivity index (χ1v) is 6.78. The van der Waals surface area contributed by atoms with Crippen molar-refractivity contribution in [2.45, 2.75) is 0 Å². The van der Waals surface area contributed by atoms with E-state index in [0.29, 0.717) is 29.5 Å². The summed E-state index contributed by atoms with van der Waals surface area (Å²) < 4.78 is 6.75. The lowest BCUT2D eigenvalue weighted by atomic mass is 10.1. The number of ether oxygens (including phenoxy) is 1. The number of para-hydroxylation sites is 1. The van der Waals surface area contributed by atoms with Crippen molar-refractivity contribution >= 4 is 17.7 Å². The van der Waals surface area contributed by atoms with Crippen molar-refractivity contribution in [1.29, 1.82) is 0 Å². The molecule has 2 aromatic heterocycles. The van der Waals surface area contributed by atoms with Gasteiger partial charge in [-0.3, -0.25) is 4.40 Å². The minimum absolute atomic E-state index is 0.180. The molecule has 3 rings (SSSR count). The predicted octanol–water partition coefficient (Wildman–Crippen LogP) is 2.34. The lowest BCUT2D eigenvalue weighted by Crippen LogP contribution is -1.98. The molecular weight excluding hydrogens is 280 g/mol. The molecule has 112 valence electrons. The molecule has 0 atom stereocenters. The average molecular weight is 296 g/mol. The quantitative estimate of drug-likeness (QED) is 0.772. The first-order chi connectivity index (χ1) is 10.7. The molecule has 0 unspecified atom stereocenters. The number of aromatic nitrogens is 3. The second kappa shape index (κ2) is 5.87. The van der Waals surface area contributed by atoms with Crippen LogP contribution in [0.25, 0.3) is 23.1 Å². The summed E-state index contributed by atoms with van der Waals surface area (Å²) in [4.78, 5) is 8.69. The van der Waals surface area contributed by atoms with E-state index < -0.39 is 0 Å². The van der Waals surface area contributed by atoms with E-state index in [4.69, 9.17) is 10.5 Å². The zero-order chi connectivity index (χ0) is 15.5. The molecule has 0 aliphatic heterocycles. The Morgan fingerprint density at radius 2 is 2.09 bits per heavy atom. The van der Waals surface area contributed by atoms with E-state index >= 15 is 0 Å². The highest BCUT2D eigenvalue weighted by Gasteiger charge is 2.10. The molecule has 0 saturated carbocycles. The standard InChI is InChI=1S/C16H16N4O2/c1-22-8-4-5-11-9-20-10-13(18-16(20)19-15(11)17)12-6-2-3-7-14(12)21/h2-7,9-10,21H,8H2,1H3,(H2,17,18,19)/b5-4+. The summed E-state index contributed by atoms with van der Waals surface area (Å²) in [5.74, 6) is 1.06. The van der Waals surface area contributed by atoms with Crippen LogP contribution in [0.5, 0.6) is 5.75 Å². The highest BCUT2D eigenvalue weighted by molar-refractivity contribution is 5.69. The Balaban J connectivity index is 2.05. The second-order valence-electron chi connectivity index (χ2n) is 4.79. The number of methoxy groups -OCH3 is 1. The maximum absolute atomic E-state index is 9.92. The van der Waals surface area contributed by atoms with Gasteiger partial charge in [-0.1, -0.05) is 24.3 Å². The largest absolute Gasteiger partial charge is 0.507 e. The molecule has 0 aliphatic carbocycles. The highest BCUT2D eigenvalue weighted by Crippen LogP contribution is 2.28. The molecule has 0 amide bonds. The van der Waals surface area contributed by atoms with Gasteiger partial charge in [-0.05, 0) is 12.1 Å². The van der Waals surface area contributed by atoms with Gasteiger partial charge >= 0.3 is 0 Å². The van der Waals surface area contributed by atoms with E-state index in [1.165, 1.54) is 0 Å². The topological polar surface area (TPSA) is 85.7 Å². The van der Waals surface area contributed by atoms with Crippen LogP contribution < -0.4 is 5.73 Å². The fraction of sp³-hybridized carbons (Fsp3) is 0.125. The Hall–Kier alpha value is -2.86. The highest BCUT2D eigenvalue weighted by atomic mass is 16.5. The van der Waals surface area contributed by atoms with Crippen LogP contribution in [0.1, 0.15) is 5.56 Å². The second-order valence-corrected chi connectivity index (χ2v) is 4.79. The Morgan fingerprint density at radius 1 is 1.27 bits per heavy atom. The average Bonchev–Trinajstić information content (AvgIpc) is 2.90. The molecule has 6 nitrogen and oxygen atoms in total. The number of nitrogens with zero attached hydrogens (tertiary/aromatic N) is 3. The fourth-order valence-electron chi connectivity index (χ4n) is 2.17. The summed E-state index contributed by atoms with van der Waals surface area (Å²) in [5.41, 5.74) is 8.02. The van der Waals surface area contributed by atoms with E-state index in [1.54, 1.807) is 29.7 Å². The Bertz CT molecular complexity index is 839. The van der Waals surface area contributed by atoms with E-state index in [0.717, 1.165) is 5.56 Å². The zero-order valence-corrected chi connectivity index (χ0v) is 12.1. The summed E-state index contributed by atoms with van der Waals surface area (Å²) in [6.45, 7) is 0.505. The van der Waals surface area contributed by atoms with E-state index in [2.05, 4.69) is 9.97 Å². The van der Waals surface area contributed by atoms with Crippen molar-refractivity contribution in [2.24, 2.45) is 0 Å². The molecule has 0 saturated heterocycles. The molecule has 0 fully saturated rings. The van der Waals surface area contributed by atoms with Gasteiger partial charge in [-0.15, -0.1) is 0 Å². The van der Waals surface area contributed by atoms with Crippen molar-refractivity contribution in [3.8, 4) is 17.0 Å². The van der Waals surface area contributed by atoms with Crippen molar-refractivity contribution in [3.63, 3.8) is 0 Å². The molecule has 3 N–H and O–H groups in total. The number of imidazole rings is 1. The van der Waals surface area contributed by atoms with Crippen molar-refractivity contribution in [3.05, 3.63) is 48.3 Å². The number of hydrogen-bond acceptors (Lipinski definition) is 5. The third-order valence-electron chi connectivity index (χ3n) is 3.25. The van der Waals surface area contributed by atoms with Crippen LogP contribution in [0.15, 0.2) is 42.7 Å². The Morgan fingerprint density at radius 3 is 2.86 bits per heavy atom. The lowest BCUT2D eigenvalue weighted by Gasteiger charge is -2.00. The van der Waals surface area contributed by atoms with Gasteiger partial charge in [0.25, 0.3) is 0 Å². The predicted molar refractivity (Wildman–Crippen MR) is 85.4 cm³/mol. The fourth-order valence-corrected chi connectivity index (χ4v) is 2.17. The maximum atomic E-state index is 9.92. The summed E-state index contributed by atoms with van der Waals surface area (Å²) in [6.07, 6.45) is 7.37. The summed E-state index contributed by atoms with van der Waals surface area (Å²) in [5, 5.41) is 9.92. The summed E-state index contributed by atoms with van der Waals surface area (Å²) in [7, 11) is 1.63. The molecule has 0 bridgehead atoms. The number of benzene rings is 1. The van der Waals surface area contributed by atoms with Crippen LogP contribution in [0.3, 0.4) is 0 Å². The first kappa shape index (κ1) is 14.1. The minimum Gasteiger partial charge on any atom is -0.507 e. The lowest BCUT2D eigenvalue weighted by molar-refractivity contribution is 0.234. The van der Waals surface area contributed by atoms with Gasteiger partial charge < -0.3 is 15.6 Å². The van der Waals surface area contributed by atoms with E-state index in [9.17, 15) is 5.11 Å². The SMILES string of the molecule is COC/C=C/c1cn2cc(-c3ccccc3O)nc2nc1N. The molecule has 1 aromatic carbocycles. The normalized spacial score (nSPS) is 11.5. The number of anilines is 1. The van der Waals surface area contributed by atoms with Crippen LogP contribution >= 0.6 is 0 Å². The number of nitrogen functional groups attached to an aromatic ring is 1. The third kappa shape index (κ3) is 2.64. The van der Waals surface area contributed by atoms with Gasteiger partial charge in [0.1, 0.15) is 11.6 Å². The molecular formula is C16H16N4O2. The van der Waals surface area contributed by atoms with Gasteiger partial charge in [0.2, 0.25) is 5.78 Å². The van der Waals surface area contributed by atoms with Crippen LogP contribution in [-0.2, 0) is 4.74 Å². The van der Waals surface area contributed by atoms with Crippen LogP contribution in [0.4, 0.5) is 5.82 Å². The number of aromatic hydroxyl groups is 1. The van der Waals surface area contributed by atoms with Crippen molar-refractivity contribution < 1.29 is 9.84 Å². The number of nitrogens with two attached hydrogens (primary N) is 1. The Kier molecular flexibility index (Phi) is 3.76. The molecule has 0 aliphatic rings. The van der Waals surface area contributed by atoms with Crippen molar-refractivity contribution in [1.82, 2.24) is 14.4 Å². The zero-order valence-electron chi connectivity index (χ0n) is 12.1. The molecule has 3 aromatic rings. The van der Waals surface area contributed by atoms with Gasteiger partial charge in [-0.2, -0.15) is 4.98 Å². The maximum Gasteiger partial charge on any atom is 0.236 e. The third-order valence-corrected chi connectivity index (χ3v) is 3.25. The molecule has 0 spiro atoms. The molecule has 2 heterocycles. The van der Waals surface area contributed by atoms with Gasteiger partial charge in [0, 0.05) is 30.6 Å². The molecule has 22 heavy (non-hydrogen) atoms. The van der Waals surface area contributed by atoms with E-state index in [-0.39, 0.29) is 5.75 Å². The number of phenolic OH excluding ortho intramolecular Hbond substituents is 1. The number of phenols is 1. The van der Waals surface area contributed by atoms with Crippen molar-refractivity contribution in [2.75, 3.05) is 19.5 Å². The van der Waals surface area contributed by atoms with Crippen LogP contribution in [-0.4, -0.2) is 33.2 Å². The van der Waals surface area contributed by atoms with Crippen LogP contribution in [0, 0.1) is 0 Å². The first-order valence-electron chi connectivity index (χ1n) is 6.78. The van der Waals surface area contributed by atoms with Gasteiger partial charge in [-0.25, -0.2) is 4.98 Å². The number of rotatable bonds is 4. The monoisotopic (exact) mass is 296 g/mol. The van der Waals surface area contributed by atoms with Gasteiger partial charge in [0.15, 0.2) is 0 Å². The summed E-state index contributed by atoms with van der Waals surface area (Å²) >= 11 is 0. The number of fused-ring (bicyclic) bond motifs is 1. The van der Waals surface area contributed by atoms with Gasteiger partial charge in [0.05, 0.1) is 12.3 Å². The molecule has 6 heteroatoms. The number of hydrogen-bond donors (Lipinski definition) is 2. The smallest absolute Gasteiger partial charge is 0.236 e. The molecule has 0 radical (unpaired) electrons. The van der Waals surface area contributed by atoms with E-state index in [1.807, 2.05) is 30.6 Å².